The van der Waals surface area contributed by atoms with Crippen LogP contribution in [0.15, 0.2) is 47.8 Å². The van der Waals surface area contributed by atoms with E-state index in [1.165, 1.54) is 11.8 Å². The fourth-order valence-electron chi connectivity index (χ4n) is 1.76. The average molecular weight is 410 g/mol. The summed E-state index contributed by atoms with van der Waals surface area (Å²) in [5.41, 5.74) is 2.34. The van der Waals surface area contributed by atoms with Gasteiger partial charge in [0.05, 0.1) is 11.3 Å². The molecule has 2 N–H and O–H groups in total. The zero-order valence-electron chi connectivity index (χ0n) is 10.8. The van der Waals surface area contributed by atoms with Gasteiger partial charge in [-0.2, -0.15) is 0 Å². The number of carbonyl (C=O) groups is 1. The molecule has 0 atom stereocenters. The second-order valence-corrected chi connectivity index (χ2v) is 6.47. The summed E-state index contributed by atoms with van der Waals surface area (Å²) in [5.74, 6) is 0.237. The standard InChI is InChI=1S/C14H11IN4OS/c15-9-3-5-10(6-4-9)17-12(20)8-21-14-18-11-2-1-7-16-13(11)19-14/h1-7H,8H2,(H,17,20)(H,16,18,19). The van der Waals surface area contributed by atoms with Crippen LogP contribution in [0.25, 0.3) is 11.2 Å². The number of rotatable bonds is 4. The van der Waals surface area contributed by atoms with Crippen molar-refractivity contribution in [1.82, 2.24) is 15.0 Å². The second-order valence-electron chi connectivity index (χ2n) is 4.26. The molecule has 1 aromatic carbocycles. The Bertz CT molecular complexity index is 739. The van der Waals surface area contributed by atoms with Crippen molar-refractivity contribution < 1.29 is 4.79 Å². The molecule has 3 rings (SSSR count). The normalized spacial score (nSPS) is 10.7. The van der Waals surface area contributed by atoms with Crippen molar-refractivity contribution >= 4 is 57.1 Å². The number of pyridine rings is 1. The first kappa shape index (κ1) is 14.3. The monoisotopic (exact) mass is 410 g/mol. The van der Waals surface area contributed by atoms with Crippen LogP contribution in [0.3, 0.4) is 0 Å². The van der Waals surface area contributed by atoms with E-state index in [4.69, 9.17) is 0 Å². The zero-order valence-corrected chi connectivity index (χ0v) is 13.8. The molecule has 0 radical (unpaired) electrons. The highest BCUT2D eigenvalue weighted by atomic mass is 127. The zero-order chi connectivity index (χ0) is 14.7. The second kappa shape index (κ2) is 6.44. The smallest absolute Gasteiger partial charge is 0.234 e. The Morgan fingerprint density at radius 1 is 1.29 bits per heavy atom. The maximum atomic E-state index is 11.9. The fourth-order valence-corrected chi connectivity index (χ4v) is 2.79. The highest BCUT2D eigenvalue weighted by molar-refractivity contribution is 14.1. The number of hydrogen-bond donors (Lipinski definition) is 2. The Morgan fingerprint density at radius 2 is 2.10 bits per heavy atom. The van der Waals surface area contributed by atoms with Gasteiger partial charge in [-0.25, -0.2) is 9.97 Å². The number of halogens is 1. The van der Waals surface area contributed by atoms with Gasteiger partial charge in [0.1, 0.15) is 0 Å². The van der Waals surface area contributed by atoms with Crippen molar-refractivity contribution in [2.45, 2.75) is 5.16 Å². The number of aromatic nitrogens is 3. The predicted octanol–water partition coefficient (Wildman–Crippen LogP) is 3.29. The van der Waals surface area contributed by atoms with E-state index in [9.17, 15) is 4.79 Å². The van der Waals surface area contributed by atoms with Crippen molar-refractivity contribution in [2.75, 3.05) is 11.1 Å². The number of amides is 1. The molecule has 2 aromatic heterocycles. The molecule has 106 valence electrons. The minimum Gasteiger partial charge on any atom is -0.332 e. The van der Waals surface area contributed by atoms with Crippen LogP contribution >= 0.6 is 34.4 Å². The molecular weight excluding hydrogens is 399 g/mol. The van der Waals surface area contributed by atoms with Crippen molar-refractivity contribution in [2.24, 2.45) is 0 Å². The fraction of sp³-hybridized carbons (Fsp3) is 0.0714. The van der Waals surface area contributed by atoms with Gasteiger partial charge in [0, 0.05) is 15.5 Å². The van der Waals surface area contributed by atoms with E-state index >= 15 is 0 Å². The van der Waals surface area contributed by atoms with E-state index in [0.29, 0.717) is 16.6 Å². The van der Waals surface area contributed by atoms with E-state index in [0.717, 1.165) is 14.8 Å². The van der Waals surface area contributed by atoms with Gasteiger partial charge in [0.2, 0.25) is 5.91 Å². The molecule has 0 saturated carbocycles. The number of fused-ring (bicyclic) bond motifs is 1. The molecule has 5 nitrogen and oxygen atoms in total. The molecule has 0 fully saturated rings. The van der Waals surface area contributed by atoms with Crippen molar-refractivity contribution in [3.05, 3.63) is 46.2 Å². The van der Waals surface area contributed by atoms with Crippen LogP contribution in [-0.2, 0) is 4.79 Å². The molecule has 0 aliphatic heterocycles. The molecule has 0 unspecified atom stereocenters. The summed E-state index contributed by atoms with van der Waals surface area (Å²) in [6, 6.07) is 11.4. The first-order valence-electron chi connectivity index (χ1n) is 6.20. The molecule has 0 bridgehead atoms. The molecule has 0 saturated heterocycles. The SMILES string of the molecule is O=C(CSc1nc2ncccc2[nH]1)Nc1ccc(I)cc1. The Balaban J connectivity index is 1.59. The first-order valence-corrected chi connectivity index (χ1v) is 8.26. The van der Waals surface area contributed by atoms with E-state index in [2.05, 4.69) is 42.9 Å². The molecule has 1 amide bonds. The summed E-state index contributed by atoms with van der Waals surface area (Å²) >= 11 is 3.58. The van der Waals surface area contributed by atoms with Crippen LogP contribution in [0.4, 0.5) is 5.69 Å². The van der Waals surface area contributed by atoms with Crippen LogP contribution in [0.2, 0.25) is 0 Å². The summed E-state index contributed by atoms with van der Waals surface area (Å²) in [6.07, 6.45) is 1.70. The third-order valence-corrected chi connectivity index (χ3v) is 4.30. The van der Waals surface area contributed by atoms with Gasteiger partial charge < -0.3 is 10.3 Å². The highest BCUT2D eigenvalue weighted by Crippen LogP contribution is 2.18. The number of thioether (sulfide) groups is 1. The van der Waals surface area contributed by atoms with E-state index < -0.39 is 0 Å². The number of anilines is 1. The van der Waals surface area contributed by atoms with Crippen molar-refractivity contribution in [3.8, 4) is 0 Å². The summed E-state index contributed by atoms with van der Waals surface area (Å²) < 4.78 is 1.13. The number of carbonyl (C=O) groups excluding carboxylic acids is 1. The lowest BCUT2D eigenvalue weighted by molar-refractivity contribution is -0.113. The molecule has 2 heterocycles. The quantitative estimate of drug-likeness (QED) is 0.512. The molecule has 3 aromatic rings. The van der Waals surface area contributed by atoms with Crippen LogP contribution in [0.5, 0.6) is 0 Å². The first-order chi connectivity index (χ1) is 10.2. The van der Waals surface area contributed by atoms with Crippen LogP contribution in [-0.4, -0.2) is 26.6 Å². The summed E-state index contributed by atoms with van der Waals surface area (Å²) in [7, 11) is 0. The van der Waals surface area contributed by atoms with Gasteiger partial charge in [-0.05, 0) is 59.0 Å². The third kappa shape index (κ3) is 3.73. The topological polar surface area (TPSA) is 70.7 Å². The van der Waals surface area contributed by atoms with Crippen molar-refractivity contribution in [1.29, 1.82) is 0 Å². The Labute approximate surface area is 139 Å². The van der Waals surface area contributed by atoms with Gasteiger partial charge in [-0.15, -0.1) is 0 Å². The van der Waals surface area contributed by atoms with Gasteiger partial charge in [-0.3, -0.25) is 4.79 Å². The number of aromatic amines is 1. The molecule has 7 heteroatoms. The highest BCUT2D eigenvalue weighted by Gasteiger charge is 2.07. The number of imidazole rings is 1. The summed E-state index contributed by atoms with van der Waals surface area (Å²) in [4.78, 5) is 23.5. The number of nitrogens with zero attached hydrogens (tertiary/aromatic N) is 2. The van der Waals surface area contributed by atoms with Crippen LogP contribution in [0, 0.1) is 3.57 Å². The number of hydrogen-bond acceptors (Lipinski definition) is 4. The lowest BCUT2D eigenvalue weighted by Crippen LogP contribution is -2.14. The molecule has 0 spiro atoms. The van der Waals surface area contributed by atoms with E-state index in [1.807, 2.05) is 36.4 Å². The maximum Gasteiger partial charge on any atom is 0.234 e. The molecule has 0 aliphatic rings. The summed E-state index contributed by atoms with van der Waals surface area (Å²) in [5, 5.41) is 3.55. The molecule has 0 aliphatic carbocycles. The van der Waals surface area contributed by atoms with Gasteiger partial charge in [0.15, 0.2) is 10.8 Å². The number of nitrogens with one attached hydrogen (secondary N) is 2. The Morgan fingerprint density at radius 3 is 2.86 bits per heavy atom. The maximum absolute atomic E-state index is 11.9. The Kier molecular flexibility index (Phi) is 4.39. The average Bonchev–Trinajstić information content (AvgIpc) is 2.90. The largest absolute Gasteiger partial charge is 0.332 e. The summed E-state index contributed by atoms with van der Waals surface area (Å²) in [6.45, 7) is 0. The molecule has 21 heavy (non-hydrogen) atoms. The predicted molar refractivity (Wildman–Crippen MR) is 92.4 cm³/mol. The van der Waals surface area contributed by atoms with Crippen molar-refractivity contribution in [3.63, 3.8) is 0 Å². The Hall–Kier alpha value is -1.61. The number of H-pyrrole nitrogens is 1. The number of benzene rings is 1. The van der Waals surface area contributed by atoms with E-state index in [-0.39, 0.29) is 5.91 Å². The lowest BCUT2D eigenvalue weighted by atomic mass is 10.3. The van der Waals surface area contributed by atoms with Crippen LogP contribution in [0.1, 0.15) is 0 Å². The third-order valence-electron chi connectivity index (χ3n) is 2.70. The lowest BCUT2D eigenvalue weighted by Gasteiger charge is -2.04. The van der Waals surface area contributed by atoms with Gasteiger partial charge >= 0.3 is 0 Å². The minimum absolute atomic E-state index is 0.0605. The van der Waals surface area contributed by atoms with Crippen LogP contribution < -0.4 is 5.32 Å². The molecular formula is C14H11IN4OS. The van der Waals surface area contributed by atoms with Gasteiger partial charge in [-0.1, -0.05) is 11.8 Å². The minimum atomic E-state index is -0.0605. The van der Waals surface area contributed by atoms with Gasteiger partial charge in [0.25, 0.3) is 0 Å². The van der Waals surface area contributed by atoms with E-state index in [1.54, 1.807) is 6.20 Å².